The summed E-state index contributed by atoms with van der Waals surface area (Å²) in [5, 5.41) is 3.87. The molecule has 19 heavy (non-hydrogen) atoms. The second-order valence-electron chi connectivity index (χ2n) is 4.28. The van der Waals surface area contributed by atoms with Gasteiger partial charge in [0, 0.05) is 0 Å². The van der Waals surface area contributed by atoms with Crippen molar-refractivity contribution in [2.75, 3.05) is 11.9 Å². The normalized spacial score (nSPS) is 17.3. The van der Waals surface area contributed by atoms with Crippen LogP contribution < -0.4 is 10.1 Å². The van der Waals surface area contributed by atoms with Crippen molar-refractivity contribution in [1.82, 2.24) is 0 Å². The van der Waals surface area contributed by atoms with Crippen LogP contribution in [0.1, 0.15) is 11.7 Å². The molecular weight excluding hydrogens is 288 g/mol. The molecule has 1 atom stereocenters. The second kappa shape index (κ2) is 4.91. The summed E-state index contributed by atoms with van der Waals surface area (Å²) in [6.07, 6.45) is -0.245. The van der Waals surface area contributed by atoms with Gasteiger partial charge in [-0.25, -0.2) is 4.39 Å². The van der Waals surface area contributed by atoms with E-state index in [4.69, 9.17) is 27.9 Å². The minimum atomic E-state index is -0.437. The molecule has 1 aliphatic rings. The quantitative estimate of drug-likeness (QED) is 0.825. The van der Waals surface area contributed by atoms with Crippen LogP contribution in [0.25, 0.3) is 0 Å². The standard InChI is InChI=1S/C14H10Cl2FNO/c15-9-2-1-3-12-14(9)19-13(7-18-12)8-4-5-11(17)10(16)6-8/h1-6,13,18H,7H2. The van der Waals surface area contributed by atoms with Crippen molar-refractivity contribution in [3.63, 3.8) is 0 Å². The molecule has 5 heteroatoms. The molecule has 98 valence electrons. The van der Waals surface area contributed by atoms with E-state index in [9.17, 15) is 4.39 Å². The van der Waals surface area contributed by atoms with E-state index in [0.717, 1.165) is 11.3 Å². The molecule has 0 fully saturated rings. The van der Waals surface area contributed by atoms with Gasteiger partial charge in [-0.15, -0.1) is 0 Å². The Kier molecular flexibility index (Phi) is 3.25. The van der Waals surface area contributed by atoms with E-state index in [0.29, 0.717) is 17.3 Å². The highest BCUT2D eigenvalue weighted by atomic mass is 35.5. The molecule has 1 heterocycles. The SMILES string of the molecule is Fc1ccc(C2CNc3cccc(Cl)c3O2)cc1Cl. The zero-order valence-electron chi connectivity index (χ0n) is 9.79. The van der Waals surface area contributed by atoms with Gasteiger partial charge in [-0.3, -0.25) is 0 Å². The highest BCUT2D eigenvalue weighted by molar-refractivity contribution is 6.32. The van der Waals surface area contributed by atoms with Crippen LogP contribution in [0.4, 0.5) is 10.1 Å². The van der Waals surface area contributed by atoms with Crippen LogP contribution in [0.15, 0.2) is 36.4 Å². The van der Waals surface area contributed by atoms with Gasteiger partial charge in [-0.05, 0) is 29.8 Å². The van der Waals surface area contributed by atoms with Crippen molar-refractivity contribution in [1.29, 1.82) is 0 Å². The summed E-state index contributed by atoms with van der Waals surface area (Å²) in [6, 6.07) is 10.1. The molecule has 0 amide bonds. The number of anilines is 1. The predicted molar refractivity (Wildman–Crippen MR) is 74.7 cm³/mol. The smallest absolute Gasteiger partial charge is 0.161 e. The molecule has 0 saturated heterocycles. The minimum absolute atomic E-state index is 0.0889. The van der Waals surface area contributed by atoms with E-state index in [-0.39, 0.29) is 11.1 Å². The summed E-state index contributed by atoms with van der Waals surface area (Å²) in [7, 11) is 0. The summed E-state index contributed by atoms with van der Waals surface area (Å²) in [5.74, 6) is 0.175. The van der Waals surface area contributed by atoms with Crippen molar-refractivity contribution in [3.05, 3.63) is 57.8 Å². The number of hydrogen-bond acceptors (Lipinski definition) is 2. The van der Waals surface area contributed by atoms with Gasteiger partial charge in [0.05, 0.1) is 22.3 Å². The number of halogens is 3. The first kappa shape index (κ1) is 12.6. The van der Waals surface area contributed by atoms with Gasteiger partial charge in [-0.2, -0.15) is 0 Å². The third-order valence-electron chi connectivity index (χ3n) is 3.02. The van der Waals surface area contributed by atoms with Gasteiger partial charge in [0.1, 0.15) is 11.9 Å². The lowest BCUT2D eigenvalue weighted by Gasteiger charge is -2.28. The number of para-hydroxylation sites is 1. The Balaban J connectivity index is 1.93. The average Bonchev–Trinajstić information content (AvgIpc) is 2.42. The Morgan fingerprint density at radius 1 is 1.16 bits per heavy atom. The highest BCUT2D eigenvalue weighted by Crippen LogP contribution is 2.39. The van der Waals surface area contributed by atoms with Crippen molar-refractivity contribution in [2.24, 2.45) is 0 Å². The summed E-state index contributed by atoms with van der Waals surface area (Å²) >= 11 is 11.9. The Morgan fingerprint density at radius 2 is 2.00 bits per heavy atom. The number of nitrogens with one attached hydrogen (secondary N) is 1. The predicted octanol–water partition coefficient (Wildman–Crippen LogP) is 4.68. The molecule has 0 aromatic heterocycles. The van der Waals surface area contributed by atoms with E-state index in [2.05, 4.69) is 5.32 Å². The maximum absolute atomic E-state index is 13.2. The first-order valence-corrected chi connectivity index (χ1v) is 6.55. The molecule has 0 bridgehead atoms. The van der Waals surface area contributed by atoms with Gasteiger partial charge >= 0.3 is 0 Å². The number of hydrogen-bond donors (Lipinski definition) is 1. The van der Waals surface area contributed by atoms with E-state index in [1.807, 2.05) is 12.1 Å². The fourth-order valence-corrected chi connectivity index (χ4v) is 2.46. The average molecular weight is 298 g/mol. The lowest BCUT2D eigenvalue weighted by atomic mass is 10.1. The molecule has 0 spiro atoms. The number of fused-ring (bicyclic) bond motifs is 1. The van der Waals surface area contributed by atoms with Crippen LogP contribution in [-0.2, 0) is 0 Å². The summed E-state index contributed by atoms with van der Waals surface area (Å²) < 4.78 is 19.0. The van der Waals surface area contributed by atoms with E-state index in [1.165, 1.54) is 6.07 Å². The molecule has 3 rings (SSSR count). The Hall–Kier alpha value is -1.45. The summed E-state index contributed by atoms with van der Waals surface area (Å²) in [6.45, 7) is 0.579. The first-order valence-electron chi connectivity index (χ1n) is 5.79. The minimum Gasteiger partial charge on any atom is -0.480 e. The summed E-state index contributed by atoms with van der Waals surface area (Å²) in [4.78, 5) is 0. The Labute approximate surface area is 120 Å². The molecule has 0 aliphatic carbocycles. The molecule has 1 N–H and O–H groups in total. The van der Waals surface area contributed by atoms with Crippen molar-refractivity contribution >= 4 is 28.9 Å². The highest BCUT2D eigenvalue weighted by Gasteiger charge is 2.23. The van der Waals surface area contributed by atoms with Gasteiger partial charge < -0.3 is 10.1 Å². The molecule has 2 aromatic rings. The van der Waals surface area contributed by atoms with Gasteiger partial charge in [0.15, 0.2) is 5.75 Å². The van der Waals surface area contributed by atoms with E-state index in [1.54, 1.807) is 18.2 Å². The topological polar surface area (TPSA) is 21.3 Å². The van der Waals surface area contributed by atoms with E-state index >= 15 is 0 Å². The summed E-state index contributed by atoms with van der Waals surface area (Å²) in [5.41, 5.74) is 1.67. The lowest BCUT2D eigenvalue weighted by Crippen LogP contribution is -2.23. The van der Waals surface area contributed by atoms with Crippen LogP contribution in [0.5, 0.6) is 5.75 Å². The zero-order chi connectivity index (χ0) is 13.4. The van der Waals surface area contributed by atoms with Gasteiger partial charge in [-0.1, -0.05) is 35.3 Å². The van der Waals surface area contributed by atoms with Crippen molar-refractivity contribution < 1.29 is 9.13 Å². The molecule has 2 nitrogen and oxygen atoms in total. The third-order valence-corrected chi connectivity index (χ3v) is 3.61. The second-order valence-corrected chi connectivity index (χ2v) is 5.09. The molecule has 0 radical (unpaired) electrons. The fraction of sp³-hybridized carbons (Fsp3) is 0.143. The Bertz CT molecular complexity index is 633. The zero-order valence-corrected chi connectivity index (χ0v) is 11.3. The van der Waals surface area contributed by atoms with Crippen LogP contribution >= 0.6 is 23.2 Å². The molecule has 2 aromatic carbocycles. The van der Waals surface area contributed by atoms with Crippen molar-refractivity contribution in [2.45, 2.75) is 6.10 Å². The molecule has 0 saturated carbocycles. The molecular formula is C14H10Cl2FNO. The maximum Gasteiger partial charge on any atom is 0.161 e. The molecule has 1 unspecified atom stereocenters. The fourth-order valence-electron chi connectivity index (χ4n) is 2.05. The van der Waals surface area contributed by atoms with Gasteiger partial charge in [0.25, 0.3) is 0 Å². The monoisotopic (exact) mass is 297 g/mol. The number of benzene rings is 2. The Morgan fingerprint density at radius 3 is 2.79 bits per heavy atom. The first-order chi connectivity index (χ1) is 9.15. The number of rotatable bonds is 1. The maximum atomic E-state index is 13.2. The van der Waals surface area contributed by atoms with Crippen LogP contribution in [0.3, 0.4) is 0 Å². The van der Waals surface area contributed by atoms with E-state index < -0.39 is 5.82 Å². The van der Waals surface area contributed by atoms with Crippen LogP contribution in [-0.4, -0.2) is 6.54 Å². The van der Waals surface area contributed by atoms with Gasteiger partial charge in [0.2, 0.25) is 0 Å². The largest absolute Gasteiger partial charge is 0.480 e. The lowest BCUT2D eigenvalue weighted by molar-refractivity contribution is 0.210. The van der Waals surface area contributed by atoms with Crippen LogP contribution in [0, 0.1) is 5.82 Å². The third kappa shape index (κ3) is 2.36. The molecule has 1 aliphatic heterocycles. The number of ether oxygens (including phenoxy) is 1. The van der Waals surface area contributed by atoms with Crippen molar-refractivity contribution in [3.8, 4) is 5.75 Å². The van der Waals surface area contributed by atoms with Crippen LogP contribution in [0.2, 0.25) is 10.0 Å².